The van der Waals surface area contributed by atoms with E-state index in [4.69, 9.17) is 21.0 Å². The molecule has 0 atom stereocenters. The van der Waals surface area contributed by atoms with Crippen molar-refractivity contribution in [2.75, 3.05) is 0 Å². The standard InChI is InChI=1S/C33H20ClN3O/c34-33-36-31(24-10-5-2-6-11-24)35-32(37-33)26-12-7-13-29-30(26)27-20-25(18-19-28(27)38-29)23-16-14-22(15-17-23)21-8-3-1-4-9-21/h1-20H. The van der Waals surface area contributed by atoms with E-state index in [1.54, 1.807) is 0 Å². The minimum absolute atomic E-state index is 0.151. The molecule has 0 N–H and O–H groups in total. The quantitative estimate of drug-likeness (QED) is 0.237. The van der Waals surface area contributed by atoms with Crippen LogP contribution in [0, 0.1) is 0 Å². The molecule has 0 spiro atoms. The van der Waals surface area contributed by atoms with Gasteiger partial charge in [-0.1, -0.05) is 103 Å². The molecule has 38 heavy (non-hydrogen) atoms. The molecular formula is C33H20ClN3O. The maximum atomic E-state index is 6.37. The summed E-state index contributed by atoms with van der Waals surface area (Å²) in [6, 6.07) is 41.0. The molecule has 0 amide bonds. The fraction of sp³-hybridized carbons (Fsp3) is 0. The van der Waals surface area contributed by atoms with Crippen LogP contribution >= 0.6 is 11.6 Å². The van der Waals surface area contributed by atoms with Gasteiger partial charge < -0.3 is 4.42 Å². The summed E-state index contributed by atoms with van der Waals surface area (Å²) < 4.78 is 6.22. The molecule has 7 aromatic rings. The third-order valence-electron chi connectivity index (χ3n) is 6.70. The molecule has 2 heterocycles. The molecule has 0 saturated heterocycles. The van der Waals surface area contributed by atoms with Gasteiger partial charge in [0.15, 0.2) is 11.6 Å². The number of fused-ring (bicyclic) bond motifs is 3. The lowest BCUT2D eigenvalue weighted by Gasteiger charge is -2.07. The second-order valence-electron chi connectivity index (χ2n) is 9.05. The van der Waals surface area contributed by atoms with E-state index in [-0.39, 0.29) is 5.28 Å². The molecule has 0 fully saturated rings. The van der Waals surface area contributed by atoms with Crippen LogP contribution in [0.15, 0.2) is 126 Å². The number of hydrogen-bond acceptors (Lipinski definition) is 4. The smallest absolute Gasteiger partial charge is 0.226 e. The summed E-state index contributed by atoms with van der Waals surface area (Å²) in [5, 5.41) is 2.10. The summed E-state index contributed by atoms with van der Waals surface area (Å²) in [6.07, 6.45) is 0. The third-order valence-corrected chi connectivity index (χ3v) is 6.87. The molecule has 0 aliphatic rings. The van der Waals surface area contributed by atoms with Gasteiger partial charge in [0.25, 0.3) is 0 Å². The zero-order chi connectivity index (χ0) is 25.5. The lowest BCUT2D eigenvalue weighted by Crippen LogP contribution is -1.97. The highest BCUT2D eigenvalue weighted by atomic mass is 35.5. The summed E-state index contributed by atoms with van der Waals surface area (Å²) >= 11 is 6.37. The zero-order valence-corrected chi connectivity index (χ0v) is 20.9. The van der Waals surface area contributed by atoms with Crippen LogP contribution in [0.2, 0.25) is 5.28 Å². The molecule has 7 rings (SSSR count). The molecule has 0 saturated carbocycles. The number of furan rings is 1. The van der Waals surface area contributed by atoms with Gasteiger partial charge in [0.05, 0.1) is 0 Å². The number of halogens is 1. The van der Waals surface area contributed by atoms with Gasteiger partial charge >= 0.3 is 0 Å². The Morgan fingerprint density at radius 1 is 0.474 bits per heavy atom. The van der Waals surface area contributed by atoms with Crippen LogP contribution in [-0.4, -0.2) is 15.0 Å². The lowest BCUT2D eigenvalue weighted by molar-refractivity contribution is 0.669. The van der Waals surface area contributed by atoms with Gasteiger partial charge in [0, 0.05) is 21.9 Å². The van der Waals surface area contributed by atoms with Crippen LogP contribution in [0.3, 0.4) is 0 Å². The normalized spacial score (nSPS) is 11.3. The first-order chi connectivity index (χ1) is 18.7. The van der Waals surface area contributed by atoms with E-state index in [0.29, 0.717) is 11.6 Å². The molecule has 180 valence electrons. The van der Waals surface area contributed by atoms with Crippen molar-refractivity contribution in [3.63, 3.8) is 0 Å². The van der Waals surface area contributed by atoms with Crippen LogP contribution in [-0.2, 0) is 0 Å². The zero-order valence-electron chi connectivity index (χ0n) is 20.2. The van der Waals surface area contributed by atoms with E-state index >= 15 is 0 Å². The number of rotatable bonds is 4. The topological polar surface area (TPSA) is 51.8 Å². The molecule has 0 aliphatic carbocycles. The van der Waals surface area contributed by atoms with E-state index in [2.05, 4.69) is 70.6 Å². The van der Waals surface area contributed by atoms with Crippen molar-refractivity contribution in [3.8, 4) is 45.0 Å². The van der Waals surface area contributed by atoms with Gasteiger partial charge in [-0.15, -0.1) is 0 Å². The minimum Gasteiger partial charge on any atom is -0.456 e. The Morgan fingerprint density at radius 2 is 1.08 bits per heavy atom. The van der Waals surface area contributed by atoms with Gasteiger partial charge in [-0.2, -0.15) is 9.97 Å². The van der Waals surface area contributed by atoms with Gasteiger partial charge in [-0.3, -0.25) is 0 Å². The SMILES string of the molecule is Clc1nc(-c2ccccc2)nc(-c2cccc3oc4ccc(-c5ccc(-c6ccccc6)cc5)cc4c23)n1. The fourth-order valence-electron chi connectivity index (χ4n) is 4.87. The van der Waals surface area contributed by atoms with Gasteiger partial charge in [-0.25, -0.2) is 4.98 Å². The van der Waals surface area contributed by atoms with Crippen LogP contribution in [0.5, 0.6) is 0 Å². The first kappa shape index (κ1) is 22.4. The molecule has 0 radical (unpaired) electrons. The largest absolute Gasteiger partial charge is 0.456 e. The van der Waals surface area contributed by atoms with Crippen molar-refractivity contribution in [2.24, 2.45) is 0 Å². The summed E-state index contributed by atoms with van der Waals surface area (Å²) in [4.78, 5) is 13.6. The predicted molar refractivity (Wildman–Crippen MR) is 154 cm³/mol. The first-order valence-corrected chi connectivity index (χ1v) is 12.7. The Morgan fingerprint density at radius 3 is 1.82 bits per heavy atom. The summed E-state index contributed by atoms with van der Waals surface area (Å²) in [5.74, 6) is 1.04. The highest BCUT2D eigenvalue weighted by Gasteiger charge is 2.17. The van der Waals surface area contributed by atoms with Crippen molar-refractivity contribution in [1.82, 2.24) is 15.0 Å². The van der Waals surface area contributed by atoms with E-state index in [1.807, 2.05) is 60.7 Å². The highest BCUT2D eigenvalue weighted by Crippen LogP contribution is 2.38. The number of nitrogens with zero attached hydrogens (tertiary/aromatic N) is 3. The van der Waals surface area contributed by atoms with Crippen molar-refractivity contribution in [1.29, 1.82) is 0 Å². The van der Waals surface area contributed by atoms with E-state index in [9.17, 15) is 0 Å². The van der Waals surface area contributed by atoms with Crippen LogP contribution in [0.4, 0.5) is 0 Å². The Bertz CT molecular complexity index is 1910. The number of hydrogen-bond donors (Lipinski definition) is 0. The number of benzene rings is 5. The van der Waals surface area contributed by atoms with Gasteiger partial charge in [-0.05, 0) is 52.1 Å². The third kappa shape index (κ3) is 4.01. The molecule has 0 unspecified atom stereocenters. The van der Waals surface area contributed by atoms with Crippen molar-refractivity contribution in [2.45, 2.75) is 0 Å². The highest BCUT2D eigenvalue weighted by molar-refractivity contribution is 6.28. The number of aromatic nitrogens is 3. The Hall–Kier alpha value is -4.80. The second-order valence-corrected chi connectivity index (χ2v) is 9.39. The maximum Gasteiger partial charge on any atom is 0.226 e. The minimum atomic E-state index is 0.151. The summed E-state index contributed by atoms with van der Waals surface area (Å²) in [5.41, 5.74) is 7.93. The monoisotopic (exact) mass is 509 g/mol. The van der Waals surface area contributed by atoms with Gasteiger partial charge in [0.2, 0.25) is 5.28 Å². The Kier molecular flexibility index (Phi) is 5.46. The summed E-state index contributed by atoms with van der Waals surface area (Å²) in [6.45, 7) is 0. The molecule has 2 aromatic heterocycles. The molecule has 0 aliphatic heterocycles. The summed E-state index contributed by atoms with van der Waals surface area (Å²) in [7, 11) is 0. The average Bonchev–Trinajstić information content (AvgIpc) is 3.36. The maximum absolute atomic E-state index is 6.37. The van der Waals surface area contributed by atoms with E-state index in [1.165, 1.54) is 11.1 Å². The Labute approximate surface area is 224 Å². The van der Waals surface area contributed by atoms with Gasteiger partial charge in [0.1, 0.15) is 11.2 Å². The second kappa shape index (κ2) is 9.25. The predicted octanol–water partition coefficient (Wildman–Crippen LogP) is 9.09. The van der Waals surface area contributed by atoms with E-state index < -0.39 is 0 Å². The molecule has 4 nitrogen and oxygen atoms in total. The van der Waals surface area contributed by atoms with Crippen LogP contribution in [0.25, 0.3) is 67.0 Å². The molecule has 5 heteroatoms. The molecular weight excluding hydrogens is 490 g/mol. The lowest BCUT2D eigenvalue weighted by atomic mass is 9.98. The average molecular weight is 510 g/mol. The van der Waals surface area contributed by atoms with E-state index in [0.717, 1.165) is 44.2 Å². The molecule has 5 aromatic carbocycles. The first-order valence-electron chi connectivity index (χ1n) is 12.3. The Balaban J connectivity index is 1.36. The van der Waals surface area contributed by atoms with Crippen LogP contribution in [0.1, 0.15) is 0 Å². The van der Waals surface area contributed by atoms with Crippen molar-refractivity contribution < 1.29 is 4.42 Å². The fourth-order valence-corrected chi connectivity index (χ4v) is 5.03. The molecule has 0 bridgehead atoms. The van der Waals surface area contributed by atoms with Crippen molar-refractivity contribution in [3.05, 3.63) is 127 Å². The van der Waals surface area contributed by atoms with Crippen LogP contribution < -0.4 is 0 Å². The van der Waals surface area contributed by atoms with Crippen molar-refractivity contribution >= 4 is 33.5 Å².